The van der Waals surface area contributed by atoms with Crippen LogP contribution in [0.4, 0.5) is 0 Å². The molecular weight excluding hydrogens is 224 g/mol. The molecule has 1 aliphatic heterocycles. The van der Waals surface area contributed by atoms with E-state index in [9.17, 15) is 19.8 Å². The lowest BCUT2D eigenvalue weighted by molar-refractivity contribution is -0.140. The molecule has 1 heterocycles. The third-order valence-electron chi connectivity index (χ3n) is 3.09. The highest BCUT2D eigenvalue weighted by molar-refractivity contribution is 5.90. The van der Waals surface area contributed by atoms with Crippen molar-refractivity contribution in [2.75, 3.05) is 13.6 Å². The second kappa shape index (κ2) is 5.57. The first-order valence-electron chi connectivity index (χ1n) is 5.72. The van der Waals surface area contributed by atoms with Gasteiger partial charge in [-0.1, -0.05) is 0 Å². The van der Waals surface area contributed by atoms with Crippen molar-refractivity contribution in [1.82, 2.24) is 10.2 Å². The summed E-state index contributed by atoms with van der Waals surface area (Å²) in [5, 5.41) is 21.7. The number of hydrogen-bond acceptors (Lipinski definition) is 5. The maximum Gasteiger partial charge on any atom is 0.243 e. The molecular formula is C11H20N2O4. The van der Waals surface area contributed by atoms with Crippen molar-refractivity contribution in [3.05, 3.63) is 0 Å². The topological polar surface area (TPSA) is 89.9 Å². The van der Waals surface area contributed by atoms with Crippen molar-refractivity contribution in [2.45, 2.75) is 44.6 Å². The maximum absolute atomic E-state index is 12.1. The summed E-state index contributed by atoms with van der Waals surface area (Å²) in [5.74, 6) is -0.491. The number of amides is 1. The van der Waals surface area contributed by atoms with Crippen LogP contribution in [0, 0.1) is 0 Å². The molecule has 6 heteroatoms. The molecule has 0 aromatic heterocycles. The van der Waals surface area contributed by atoms with Crippen LogP contribution < -0.4 is 5.32 Å². The molecule has 6 nitrogen and oxygen atoms in total. The summed E-state index contributed by atoms with van der Waals surface area (Å²) in [7, 11) is 1.57. The highest BCUT2D eigenvalue weighted by Crippen LogP contribution is 2.20. The van der Waals surface area contributed by atoms with E-state index < -0.39 is 24.3 Å². The molecule has 3 N–H and O–H groups in total. The minimum absolute atomic E-state index is 0.143. The molecule has 17 heavy (non-hydrogen) atoms. The fraction of sp³-hybridized carbons (Fsp3) is 0.818. The van der Waals surface area contributed by atoms with E-state index in [4.69, 9.17) is 0 Å². The smallest absolute Gasteiger partial charge is 0.243 e. The Kier molecular flexibility index (Phi) is 4.62. The summed E-state index contributed by atoms with van der Waals surface area (Å²) >= 11 is 0. The number of carbonyl (C=O) groups is 2. The van der Waals surface area contributed by atoms with Gasteiger partial charge in [0.05, 0.1) is 18.2 Å². The van der Waals surface area contributed by atoms with E-state index in [0.29, 0.717) is 0 Å². The van der Waals surface area contributed by atoms with Crippen molar-refractivity contribution in [3.63, 3.8) is 0 Å². The van der Waals surface area contributed by atoms with Crippen LogP contribution in [0.3, 0.4) is 0 Å². The van der Waals surface area contributed by atoms with E-state index in [2.05, 4.69) is 5.32 Å². The second-order valence-corrected chi connectivity index (χ2v) is 4.51. The normalized spacial score (nSPS) is 27.9. The molecule has 3 unspecified atom stereocenters. The van der Waals surface area contributed by atoms with Gasteiger partial charge in [0.2, 0.25) is 5.91 Å². The molecule has 1 saturated heterocycles. The number of ketones is 1. The van der Waals surface area contributed by atoms with Crippen molar-refractivity contribution in [1.29, 1.82) is 0 Å². The van der Waals surface area contributed by atoms with Gasteiger partial charge in [-0.25, -0.2) is 0 Å². The quantitative estimate of drug-likeness (QED) is 0.560. The fourth-order valence-corrected chi connectivity index (χ4v) is 2.19. The standard InChI is InChI=1S/C11H20N2O4/c1-6(14)9-4-8(16)5-13(9)11(17)10(12-3)7(2)15/h7-10,12,15-16H,4-5H2,1-3H3/t7?,8?,9?,10-/m0/s1. The second-order valence-electron chi connectivity index (χ2n) is 4.51. The van der Waals surface area contributed by atoms with Crippen molar-refractivity contribution >= 4 is 11.7 Å². The largest absolute Gasteiger partial charge is 0.391 e. The van der Waals surface area contributed by atoms with E-state index in [1.807, 2.05) is 0 Å². The number of aliphatic hydroxyl groups is 2. The van der Waals surface area contributed by atoms with Crippen LogP contribution in [-0.2, 0) is 9.59 Å². The lowest BCUT2D eigenvalue weighted by Crippen LogP contribution is -2.53. The number of nitrogens with one attached hydrogen (secondary N) is 1. The first-order chi connectivity index (χ1) is 7.88. The lowest BCUT2D eigenvalue weighted by Gasteiger charge is -2.28. The molecule has 0 aromatic rings. The zero-order valence-electron chi connectivity index (χ0n) is 10.4. The Morgan fingerprint density at radius 2 is 2.06 bits per heavy atom. The van der Waals surface area contributed by atoms with Crippen LogP contribution >= 0.6 is 0 Å². The Morgan fingerprint density at radius 1 is 1.47 bits per heavy atom. The minimum Gasteiger partial charge on any atom is -0.391 e. The molecule has 0 saturated carbocycles. The average Bonchev–Trinajstić information content (AvgIpc) is 2.60. The molecule has 0 aromatic carbocycles. The number of nitrogens with zero attached hydrogens (tertiary/aromatic N) is 1. The van der Waals surface area contributed by atoms with Gasteiger partial charge in [-0.2, -0.15) is 0 Å². The maximum atomic E-state index is 12.1. The van der Waals surface area contributed by atoms with Crippen LogP contribution in [0.15, 0.2) is 0 Å². The van der Waals surface area contributed by atoms with Gasteiger partial charge in [-0.3, -0.25) is 9.59 Å². The predicted octanol–water partition coefficient (Wildman–Crippen LogP) is -1.49. The Bertz CT molecular complexity index is 306. The molecule has 1 fully saturated rings. The summed E-state index contributed by atoms with van der Waals surface area (Å²) in [4.78, 5) is 24.9. The zero-order chi connectivity index (χ0) is 13.2. The molecule has 1 amide bonds. The lowest BCUT2D eigenvalue weighted by atomic mass is 10.1. The summed E-state index contributed by atoms with van der Waals surface area (Å²) in [6.07, 6.45) is -1.24. The Balaban J connectivity index is 2.83. The molecule has 1 aliphatic rings. The Hall–Kier alpha value is -0.980. The van der Waals surface area contributed by atoms with Crippen LogP contribution in [0.5, 0.6) is 0 Å². The number of likely N-dealkylation sites (N-methyl/N-ethyl adjacent to an activating group) is 1. The molecule has 0 radical (unpaired) electrons. The van der Waals surface area contributed by atoms with Gasteiger partial charge < -0.3 is 20.4 Å². The van der Waals surface area contributed by atoms with Gasteiger partial charge in [-0.05, 0) is 20.9 Å². The Labute approximate surface area is 101 Å². The first kappa shape index (κ1) is 14.1. The molecule has 0 spiro atoms. The molecule has 0 aliphatic carbocycles. The van der Waals surface area contributed by atoms with Gasteiger partial charge in [-0.15, -0.1) is 0 Å². The van der Waals surface area contributed by atoms with Crippen molar-refractivity contribution in [3.8, 4) is 0 Å². The molecule has 1 rings (SSSR count). The number of aliphatic hydroxyl groups excluding tert-OH is 2. The number of β-amino-alcohol motifs (C(OH)–C–C–N with tert-alkyl or cyclic N) is 1. The number of carbonyl (C=O) groups excluding carboxylic acids is 2. The Morgan fingerprint density at radius 3 is 2.47 bits per heavy atom. The third-order valence-corrected chi connectivity index (χ3v) is 3.09. The minimum atomic E-state index is -0.849. The van der Waals surface area contributed by atoms with E-state index in [1.54, 1.807) is 7.05 Å². The van der Waals surface area contributed by atoms with E-state index in [-0.39, 0.29) is 24.7 Å². The van der Waals surface area contributed by atoms with Gasteiger partial charge in [0.1, 0.15) is 6.04 Å². The van der Waals surface area contributed by atoms with Gasteiger partial charge in [0.15, 0.2) is 5.78 Å². The molecule has 0 bridgehead atoms. The zero-order valence-corrected chi connectivity index (χ0v) is 10.4. The summed E-state index contributed by atoms with van der Waals surface area (Å²) in [6.45, 7) is 3.06. The number of likely N-dealkylation sites (tertiary alicyclic amines) is 1. The number of rotatable bonds is 4. The monoisotopic (exact) mass is 244 g/mol. The first-order valence-corrected chi connectivity index (χ1v) is 5.72. The average molecular weight is 244 g/mol. The number of hydrogen-bond donors (Lipinski definition) is 3. The van der Waals surface area contributed by atoms with E-state index in [0.717, 1.165) is 0 Å². The highest BCUT2D eigenvalue weighted by atomic mass is 16.3. The third kappa shape index (κ3) is 3.02. The van der Waals surface area contributed by atoms with Crippen LogP contribution in [-0.4, -0.2) is 64.7 Å². The van der Waals surface area contributed by atoms with Gasteiger partial charge >= 0.3 is 0 Å². The molecule has 4 atom stereocenters. The predicted molar refractivity (Wildman–Crippen MR) is 61.3 cm³/mol. The SMILES string of the molecule is CN[C@H](C(=O)N1CC(O)CC1C(C)=O)C(C)O. The van der Waals surface area contributed by atoms with Crippen molar-refractivity contribution in [2.24, 2.45) is 0 Å². The summed E-state index contributed by atoms with van der Waals surface area (Å²) in [6, 6.07) is -1.32. The van der Waals surface area contributed by atoms with Gasteiger partial charge in [0.25, 0.3) is 0 Å². The van der Waals surface area contributed by atoms with E-state index in [1.165, 1.54) is 18.7 Å². The number of Topliss-reactive ketones (excluding diaryl/α,β-unsaturated/α-hetero) is 1. The van der Waals surface area contributed by atoms with E-state index >= 15 is 0 Å². The van der Waals surface area contributed by atoms with Crippen LogP contribution in [0.25, 0.3) is 0 Å². The molecule has 98 valence electrons. The van der Waals surface area contributed by atoms with Gasteiger partial charge in [0, 0.05) is 13.0 Å². The van der Waals surface area contributed by atoms with Crippen molar-refractivity contribution < 1.29 is 19.8 Å². The fourth-order valence-electron chi connectivity index (χ4n) is 2.19. The highest BCUT2D eigenvalue weighted by Gasteiger charge is 2.40. The van der Waals surface area contributed by atoms with Crippen LogP contribution in [0.1, 0.15) is 20.3 Å². The van der Waals surface area contributed by atoms with Crippen LogP contribution in [0.2, 0.25) is 0 Å². The summed E-state index contributed by atoms with van der Waals surface area (Å²) < 4.78 is 0. The summed E-state index contributed by atoms with van der Waals surface area (Å²) in [5.41, 5.74) is 0.